The van der Waals surface area contributed by atoms with Crippen molar-refractivity contribution in [2.45, 2.75) is 25.2 Å². The maximum Gasteiger partial charge on any atom is 0.189 e. The Morgan fingerprint density at radius 2 is 1.78 bits per heavy atom. The topological polar surface area (TPSA) is 95.2 Å². The number of allylic oxidation sites excluding steroid dienone is 2. The smallest absolute Gasteiger partial charge is 0.189 e. The molecule has 0 aliphatic heterocycles. The molecule has 3 rings (SSSR count). The molecule has 0 radical (unpaired) electrons. The molecule has 1 aromatic carbocycles. The van der Waals surface area contributed by atoms with Crippen molar-refractivity contribution in [1.82, 2.24) is 0 Å². The summed E-state index contributed by atoms with van der Waals surface area (Å²) in [6.07, 6.45) is 4.77. The Labute approximate surface area is 135 Å². The standard InChI is InChI=1S/C19H16N4/c20-10-16-14-8-4-5-9-15(14)17(13-6-2-1-3-7-13)19(11-21,12-22)18(16)23/h1-3,6-8,15-17,23H,4-5,9H2/t15-,16-,17-/m0/s1. The largest absolute Gasteiger partial charge is 0.305 e. The van der Waals surface area contributed by atoms with E-state index in [1.54, 1.807) is 0 Å². The van der Waals surface area contributed by atoms with Gasteiger partial charge in [0.2, 0.25) is 0 Å². The van der Waals surface area contributed by atoms with E-state index in [-0.39, 0.29) is 17.5 Å². The third-order valence-electron chi connectivity index (χ3n) is 5.08. The number of hydrogen-bond acceptors (Lipinski definition) is 4. The Hall–Kier alpha value is -2.90. The van der Waals surface area contributed by atoms with Gasteiger partial charge >= 0.3 is 0 Å². The molecule has 1 aromatic rings. The van der Waals surface area contributed by atoms with Crippen LogP contribution in [-0.2, 0) is 0 Å². The number of hydrogen-bond donors (Lipinski definition) is 1. The molecule has 0 amide bonds. The molecular weight excluding hydrogens is 284 g/mol. The second-order valence-corrected chi connectivity index (χ2v) is 6.14. The van der Waals surface area contributed by atoms with Gasteiger partial charge in [0.25, 0.3) is 0 Å². The molecule has 3 atom stereocenters. The van der Waals surface area contributed by atoms with Crippen molar-refractivity contribution in [1.29, 1.82) is 21.2 Å². The lowest BCUT2D eigenvalue weighted by Gasteiger charge is -2.45. The number of nitrogens with one attached hydrogen (secondary N) is 1. The highest BCUT2D eigenvalue weighted by Gasteiger charge is 2.56. The lowest BCUT2D eigenvalue weighted by atomic mass is 9.53. The van der Waals surface area contributed by atoms with Crippen LogP contribution in [0.25, 0.3) is 0 Å². The van der Waals surface area contributed by atoms with Crippen LogP contribution < -0.4 is 0 Å². The Kier molecular flexibility index (Phi) is 3.73. The van der Waals surface area contributed by atoms with E-state index in [1.807, 2.05) is 36.4 Å². The molecule has 0 unspecified atom stereocenters. The van der Waals surface area contributed by atoms with E-state index < -0.39 is 11.3 Å². The Balaban J connectivity index is 2.26. The molecule has 0 saturated heterocycles. The van der Waals surface area contributed by atoms with Crippen LogP contribution in [0.4, 0.5) is 0 Å². The quantitative estimate of drug-likeness (QED) is 0.801. The van der Waals surface area contributed by atoms with Gasteiger partial charge in [0.15, 0.2) is 5.41 Å². The van der Waals surface area contributed by atoms with Crippen LogP contribution in [0.5, 0.6) is 0 Å². The summed E-state index contributed by atoms with van der Waals surface area (Å²) in [5, 5.41) is 37.6. The fraction of sp³-hybridized carbons (Fsp3) is 0.368. The van der Waals surface area contributed by atoms with Crippen LogP contribution in [0.3, 0.4) is 0 Å². The number of benzene rings is 1. The minimum atomic E-state index is -1.57. The predicted octanol–water partition coefficient (Wildman–Crippen LogP) is 3.70. The third kappa shape index (κ3) is 2.06. The maximum absolute atomic E-state index is 9.81. The summed E-state index contributed by atoms with van der Waals surface area (Å²) in [7, 11) is 0. The number of rotatable bonds is 1. The summed E-state index contributed by atoms with van der Waals surface area (Å²) in [5.41, 5.74) is 0.192. The molecule has 0 heterocycles. The van der Waals surface area contributed by atoms with E-state index in [0.29, 0.717) is 0 Å². The van der Waals surface area contributed by atoms with Crippen LogP contribution in [-0.4, -0.2) is 5.71 Å². The highest BCUT2D eigenvalue weighted by atomic mass is 14.6. The van der Waals surface area contributed by atoms with Gasteiger partial charge in [-0.2, -0.15) is 15.8 Å². The van der Waals surface area contributed by atoms with Gasteiger partial charge in [0, 0.05) is 5.92 Å². The zero-order valence-electron chi connectivity index (χ0n) is 12.7. The van der Waals surface area contributed by atoms with Crippen molar-refractivity contribution < 1.29 is 0 Å². The first-order valence-corrected chi connectivity index (χ1v) is 7.75. The van der Waals surface area contributed by atoms with Crippen LogP contribution in [0, 0.1) is 56.7 Å². The van der Waals surface area contributed by atoms with E-state index in [9.17, 15) is 15.8 Å². The second kappa shape index (κ2) is 5.71. The average molecular weight is 300 g/mol. The van der Waals surface area contributed by atoms with E-state index in [2.05, 4.69) is 18.2 Å². The second-order valence-electron chi connectivity index (χ2n) is 6.14. The lowest BCUT2D eigenvalue weighted by molar-refractivity contribution is 0.320. The third-order valence-corrected chi connectivity index (χ3v) is 5.08. The van der Waals surface area contributed by atoms with Crippen molar-refractivity contribution in [3.63, 3.8) is 0 Å². The van der Waals surface area contributed by atoms with Gasteiger partial charge in [-0.1, -0.05) is 36.4 Å². The van der Waals surface area contributed by atoms with Crippen LogP contribution >= 0.6 is 0 Å². The van der Waals surface area contributed by atoms with Crippen molar-refractivity contribution in [3.05, 3.63) is 47.5 Å². The highest BCUT2D eigenvalue weighted by Crippen LogP contribution is 2.54. The predicted molar refractivity (Wildman–Crippen MR) is 85.1 cm³/mol. The fourth-order valence-corrected chi connectivity index (χ4v) is 4.05. The first kappa shape index (κ1) is 15.0. The van der Waals surface area contributed by atoms with Crippen LogP contribution in [0.2, 0.25) is 0 Å². The SMILES string of the molecule is N#C[C@@H]1C(=N)C(C#N)(C#N)[C@@H](c2ccccc2)[C@H]2CCCC=C12. The van der Waals surface area contributed by atoms with Crippen molar-refractivity contribution in [2.24, 2.45) is 17.3 Å². The molecule has 23 heavy (non-hydrogen) atoms. The van der Waals surface area contributed by atoms with Gasteiger partial charge in [-0.3, -0.25) is 0 Å². The molecule has 1 saturated carbocycles. The lowest BCUT2D eigenvalue weighted by Crippen LogP contribution is -2.48. The first-order chi connectivity index (χ1) is 11.2. The molecule has 4 nitrogen and oxygen atoms in total. The van der Waals surface area contributed by atoms with Crippen molar-refractivity contribution in [3.8, 4) is 18.2 Å². The van der Waals surface area contributed by atoms with E-state index in [1.165, 1.54) is 0 Å². The molecule has 0 spiro atoms. The summed E-state index contributed by atoms with van der Waals surface area (Å²) >= 11 is 0. The van der Waals surface area contributed by atoms with Gasteiger partial charge in [-0.15, -0.1) is 0 Å². The molecule has 2 aliphatic carbocycles. The van der Waals surface area contributed by atoms with Gasteiger partial charge < -0.3 is 5.41 Å². The first-order valence-electron chi connectivity index (χ1n) is 7.75. The molecule has 1 N–H and O–H groups in total. The normalized spacial score (nSPS) is 28.5. The molecule has 0 aromatic heterocycles. The Morgan fingerprint density at radius 3 is 2.39 bits per heavy atom. The van der Waals surface area contributed by atoms with Crippen molar-refractivity contribution in [2.75, 3.05) is 0 Å². The zero-order chi connectivity index (χ0) is 16.4. The van der Waals surface area contributed by atoms with Gasteiger partial charge in [-0.05, 0) is 36.3 Å². The van der Waals surface area contributed by atoms with E-state index in [0.717, 1.165) is 30.4 Å². The molecule has 2 aliphatic rings. The van der Waals surface area contributed by atoms with Gasteiger partial charge in [-0.25, -0.2) is 0 Å². The zero-order valence-corrected chi connectivity index (χ0v) is 12.7. The minimum absolute atomic E-state index is 0.0239. The molecule has 112 valence electrons. The summed E-state index contributed by atoms with van der Waals surface area (Å²) < 4.78 is 0. The van der Waals surface area contributed by atoms with Gasteiger partial charge in [0.1, 0.15) is 5.92 Å². The average Bonchev–Trinajstić information content (AvgIpc) is 2.61. The summed E-state index contributed by atoms with van der Waals surface area (Å²) in [5.74, 6) is -1.16. The monoisotopic (exact) mass is 300 g/mol. The van der Waals surface area contributed by atoms with E-state index in [4.69, 9.17) is 5.41 Å². The fourth-order valence-electron chi connectivity index (χ4n) is 4.05. The van der Waals surface area contributed by atoms with Crippen molar-refractivity contribution >= 4 is 5.71 Å². The summed E-state index contributed by atoms with van der Waals surface area (Å²) in [6, 6.07) is 15.9. The maximum atomic E-state index is 9.81. The number of fused-ring (bicyclic) bond motifs is 1. The summed E-state index contributed by atoms with van der Waals surface area (Å²) in [4.78, 5) is 0. The minimum Gasteiger partial charge on any atom is -0.305 e. The van der Waals surface area contributed by atoms with Crippen LogP contribution in [0.1, 0.15) is 30.7 Å². The van der Waals surface area contributed by atoms with Crippen LogP contribution in [0.15, 0.2) is 42.0 Å². The number of nitrogens with zero attached hydrogens (tertiary/aromatic N) is 3. The highest BCUT2D eigenvalue weighted by molar-refractivity contribution is 6.00. The Bertz CT molecular complexity index is 771. The Morgan fingerprint density at radius 1 is 1.09 bits per heavy atom. The molecule has 4 heteroatoms. The molecule has 1 fully saturated rings. The van der Waals surface area contributed by atoms with Gasteiger partial charge in [0.05, 0.1) is 23.9 Å². The number of nitriles is 3. The van der Waals surface area contributed by atoms with E-state index >= 15 is 0 Å². The molecular formula is C19H16N4. The summed E-state index contributed by atoms with van der Waals surface area (Å²) in [6.45, 7) is 0. The molecule has 0 bridgehead atoms.